The summed E-state index contributed by atoms with van der Waals surface area (Å²) in [6.45, 7) is 2.25. The molecule has 0 radical (unpaired) electrons. The summed E-state index contributed by atoms with van der Waals surface area (Å²) >= 11 is 6.30. The molecule has 4 atom stereocenters. The average molecular weight is 564 g/mol. The van der Waals surface area contributed by atoms with Gasteiger partial charge in [-0.3, -0.25) is 4.79 Å². The lowest BCUT2D eigenvalue weighted by Crippen LogP contribution is -2.44. The molecule has 13 heteroatoms. The van der Waals surface area contributed by atoms with E-state index in [1.165, 1.54) is 19.4 Å². The number of pyridine rings is 1. The Morgan fingerprint density at radius 1 is 1.21 bits per heavy atom. The molecule has 3 heterocycles. The molecule has 2 saturated heterocycles. The van der Waals surface area contributed by atoms with Crippen LogP contribution in [0.1, 0.15) is 26.2 Å². The summed E-state index contributed by atoms with van der Waals surface area (Å²) in [5.41, 5.74) is 0.307. The minimum Gasteiger partial charge on any atom is -0.487 e. The third-order valence-corrected chi connectivity index (χ3v) is 7.38. The number of methoxy groups -OCH3 is 1. The highest BCUT2D eigenvalue weighted by Crippen LogP contribution is 2.42. The number of alkyl halides is 3. The molecule has 2 aliphatic heterocycles. The van der Waals surface area contributed by atoms with Gasteiger partial charge in [0.2, 0.25) is 11.7 Å². The Labute approximate surface area is 221 Å². The third kappa shape index (κ3) is 5.84. The van der Waals surface area contributed by atoms with Gasteiger partial charge < -0.3 is 24.4 Å². The van der Waals surface area contributed by atoms with Gasteiger partial charge in [0.1, 0.15) is 6.10 Å². The van der Waals surface area contributed by atoms with Crippen LogP contribution in [0.2, 0.25) is 5.02 Å². The topological polar surface area (TPSA) is 75.1 Å². The standard InChI is InChI=1S/C25H27ClF5N3O4/c1-13-11-33(18-9-21(37-2)32-10-16(18)26)6-5-19(13)38-20-4-3-17(23(27)24(20)28)34-12-14(25(29,30)31)7-15(34)8-22(35)36/h3-4,9-10,13-15,19H,5-8,11-12H2,1-2H3,(H,35,36). The molecular formula is C25H27ClF5N3O4. The molecule has 4 unspecified atom stereocenters. The van der Waals surface area contributed by atoms with Crippen molar-refractivity contribution in [3.63, 3.8) is 0 Å². The van der Waals surface area contributed by atoms with E-state index in [1.54, 1.807) is 6.07 Å². The number of carboxylic acid groups (broad SMARTS) is 1. The lowest BCUT2D eigenvalue weighted by atomic mass is 9.96. The van der Waals surface area contributed by atoms with Gasteiger partial charge in [-0.15, -0.1) is 0 Å². The van der Waals surface area contributed by atoms with Gasteiger partial charge in [0, 0.05) is 44.1 Å². The van der Waals surface area contributed by atoms with Crippen LogP contribution in [-0.2, 0) is 4.79 Å². The first kappa shape index (κ1) is 28.0. The maximum atomic E-state index is 15.1. The summed E-state index contributed by atoms with van der Waals surface area (Å²) in [7, 11) is 1.49. The zero-order valence-corrected chi connectivity index (χ0v) is 21.4. The van der Waals surface area contributed by atoms with Crippen molar-refractivity contribution < 1.29 is 41.3 Å². The maximum absolute atomic E-state index is 15.1. The molecule has 1 N–H and O–H groups in total. The summed E-state index contributed by atoms with van der Waals surface area (Å²) in [6, 6.07) is 2.91. The van der Waals surface area contributed by atoms with Gasteiger partial charge in [-0.05, 0) is 18.6 Å². The number of hydrogen-bond donors (Lipinski definition) is 1. The fourth-order valence-corrected chi connectivity index (χ4v) is 5.35. The second-order valence-electron chi connectivity index (χ2n) is 9.64. The molecule has 7 nitrogen and oxygen atoms in total. The summed E-state index contributed by atoms with van der Waals surface area (Å²) in [5, 5.41) is 9.56. The van der Waals surface area contributed by atoms with Gasteiger partial charge in [-0.2, -0.15) is 17.6 Å². The minimum absolute atomic E-state index is 0.118. The molecule has 0 aliphatic carbocycles. The van der Waals surface area contributed by atoms with Gasteiger partial charge in [0.25, 0.3) is 0 Å². The van der Waals surface area contributed by atoms with Crippen molar-refractivity contribution in [1.29, 1.82) is 0 Å². The maximum Gasteiger partial charge on any atom is 0.393 e. The van der Waals surface area contributed by atoms with Gasteiger partial charge >= 0.3 is 12.1 Å². The highest BCUT2D eigenvalue weighted by molar-refractivity contribution is 6.33. The van der Waals surface area contributed by atoms with Crippen LogP contribution < -0.4 is 19.3 Å². The van der Waals surface area contributed by atoms with Gasteiger partial charge in [0.15, 0.2) is 11.6 Å². The first-order valence-corrected chi connectivity index (χ1v) is 12.4. The van der Waals surface area contributed by atoms with E-state index in [0.717, 1.165) is 16.7 Å². The highest BCUT2D eigenvalue weighted by Gasteiger charge is 2.48. The number of piperidine rings is 1. The number of nitrogens with zero attached hydrogens (tertiary/aromatic N) is 3. The molecule has 1 aromatic heterocycles. The summed E-state index contributed by atoms with van der Waals surface area (Å²) in [5.74, 6) is -5.95. The van der Waals surface area contributed by atoms with E-state index in [9.17, 15) is 18.0 Å². The smallest absolute Gasteiger partial charge is 0.393 e. The van der Waals surface area contributed by atoms with E-state index in [-0.39, 0.29) is 11.7 Å². The fraction of sp³-hybridized carbons (Fsp3) is 0.520. The molecule has 38 heavy (non-hydrogen) atoms. The Morgan fingerprint density at radius 3 is 2.58 bits per heavy atom. The number of carboxylic acids is 1. The van der Waals surface area contributed by atoms with Crippen molar-refractivity contribution in [2.24, 2.45) is 11.8 Å². The SMILES string of the molecule is COc1cc(N2CCC(Oc3ccc(N4CC(C(F)(F)F)CC4CC(=O)O)c(F)c3F)C(C)C2)c(Cl)cn1. The van der Waals surface area contributed by atoms with Crippen LogP contribution in [0.4, 0.5) is 33.3 Å². The predicted octanol–water partition coefficient (Wildman–Crippen LogP) is 5.55. The van der Waals surface area contributed by atoms with E-state index in [2.05, 4.69) is 4.98 Å². The lowest BCUT2D eigenvalue weighted by Gasteiger charge is -2.38. The van der Waals surface area contributed by atoms with Crippen LogP contribution in [0.15, 0.2) is 24.4 Å². The molecule has 0 spiro atoms. The Morgan fingerprint density at radius 2 is 1.95 bits per heavy atom. The molecule has 0 saturated carbocycles. The van der Waals surface area contributed by atoms with Crippen molar-refractivity contribution >= 4 is 28.9 Å². The second kappa shape index (κ2) is 11.0. The number of aliphatic carboxylic acids is 1. The van der Waals surface area contributed by atoms with Gasteiger partial charge in [-0.1, -0.05) is 18.5 Å². The Hall–Kier alpha value is -3.02. The molecule has 208 valence electrons. The van der Waals surface area contributed by atoms with E-state index in [1.807, 2.05) is 11.8 Å². The highest BCUT2D eigenvalue weighted by atomic mass is 35.5. The number of benzene rings is 1. The number of ether oxygens (including phenoxy) is 2. The number of aromatic nitrogens is 1. The Kier molecular flexibility index (Phi) is 8.10. The second-order valence-corrected chi connectivity index (χ2v) is 10.0. The van der Waals surface area contributed by atoms with Crippen LogP contribution in [0.25, 0.3) is 0 Å². The number of halogens is 6. The minimum atomic E-state index is -4.58. The largest absolute Gasteiger partial charge is 0.487 e. The molecule has 0 amide bonds. The molecular weight excluding hydrogens is 537 g/mol. The number of hydrogen-bond acceptors (Lipinski definition) is 6. The monoisotopic (exact) mass is 563 g/mol. The Bertz CT molecular complexity index is 1180. The summed E-state index contributed by atoms with van der Waals surface area (Å²) in [6.07, 6.45) is -4.24. The summed E-state index contributed by atoms with van der Waals surface area (Å²) < 4.78 is 81.1. The normalized spacial score (nSPS) is 24.0. The van der Waals surface area contributed by atoms with Crippen LogP contribution in [0, 0.1) is 23.5 Å². The number of rotatable bonds is 7. The molecule has 2 aromatic rings. The summed E-state index contributed by atoms with van der Waals surface area (Å²) in [4.78, 5) is 18.3. The lowest BCUT2D eigenvalue weighted by molar-refractivity contribution is -0.169. The fourth-order valence-electron chi connectivity index (χ4n) is 5.12. The molecule has 1 aromatic carbocycles. The van der Waals surface area contributed by atoms with Crippen LogP contribution in [-0.4, -0.2) is 61.1 Å². The number of anilines is 2. The van der Waals surface area contributed by atoms with Gasteiger partial charge in [0.05, 0.1) is 42.0 Å². The van der Waals surface area contributed by atoms with Crippen molar-refractivity contribution in [3.8, 4) is 11.6 Å². The molecule has 4 rings (SSSR count). The quantitative estimate of drug-likeness (QED) is 0.443. The zero-order valence-electron chi connectivity index (χ0n) is 20.6. The first-order chi connectivity index (χ1) is 17.9. The zero-order chi connectivity index (χ0) is 27.8. The molecule has 0 bridgehead atoms. The van der Waals surface area contributed by atoms with Crippen LogP contribution in [0.5, 0.6) is 11.6 Å². The van der Waals surface area contributed by atoms with Crippen molar-refractivity contribution in [2.45, 2.75) is 44.5 Å². The molecule has 2 fully saturated rings. The predicted molar refractivity (Wildman–Crippen MR) is 130 cm³/mol. The van der Waals surface area contributed by atoms with Crippen LogP contribution in [0.3, 0.4) is 0 Å². The van der Waals surface area contributed by atoms with Crippen molar-refractivity contribution in [1.82, 2.24) is 4.98 Å². The van der Waals surface area contributed by atoms with E-state index in [4.69, 9.17) is 26.2 Å². The third-order valence-electron chi connectivity index (χ3n) is 7.09. The Balaban J connectivity index is 1.49. The van der Waals surface area contributed by atoms with E-state index >= 15 is 8.78 Å². The number of carbonyl (C=O) groups is 1. The van der Waals surface area contributed by atoms with Crippen LogP contribution >= 0.6 is 11.6 Å². The average Bonchev–Trinajstić information content (AvgIpc) is 3.27. The van der Waals surface area contributed by atoms with E-state index in [0.29, 0.717) is 30.4 Å². The van der Waals surface area contributed by atoms with E-state index < -0.39 is 66.9 Å². The molecule has 2 aliphatic rings. The van der Waals surface area contributed by atoms with Crippen molar-refractivity contribution in [2.75, 3.05) is 36.5 Å². The van der Waals surface area contributed by atoms with Crippen molar-refractivity contribution in [3.05, 3.63) is 41.1 Å². The van der Waals surface area contributed by atoms with Gasteiger partial charge in [-0.25, -0.2) is 9.37 Å². The first-order valence-electron chi connectivity index (χ1n) is 12.0.